The number of carbonyl (C=O) groups excluding carboxylic acids is 3. The second-order valence-electron chi connectivity index (χ2n) is 12.4. The fraction of sp³-hybridized carbons (Fsp3) is 0.500. The van der Waals surface area contributed by atoms with Gasteiger partial charge in [0.2, 0.25) is 17.7 Å². The molecule has 244 valence electrons. The molecule has 0 unspecified atom stereocenters. The summed E-state index contributed by atoms with van der Waals surface area (Å²) in [6, 6.07) is 6.36. The molecule has 4 rings (SSSR count). The van der Waals surface area contributed by atoms with Crippen molar-refractivity contribution in [3.05, 3.63) is 59.2 Å². The van der Waals surface area contributed by atoms with Crippen LogP contribution in [0.5, 0.6) is 0 Å². The van der Waals surface area contributed by atoms with Gasteiger partial charge in [0.15, 0.2) is 0 Å². The third kappa shape index (κ3) is 9.04. The number of fused-ring (bicyclic) bond motifs is 1. The zero-order valence-corrected chi connectivity index (χ0v) is 25.2. The minimum atomic E-state index is -4.53. The van der Waals surface area contributed by atoms with E-state index in [9.17, 15) is 32.6 Å². The Morgan fingerprint density at radius 1 is 1.04 bits per heavy atom. The van der Waals surface area contributed by atoms with Crippen LogP contribution < -0.4 is 38.6 Å². The first-order valence-electron chi connectivity index (χ1n) is 14.9. The van der Waals surface area contributed by atoms with Gasteiger partial charge in [-0.25, -0.2) is 0 Å². The molecule has 2 aromatic carbocycles. The van der Waals surface area contributed by atoms with E-state index in [0.717, 1.165) is 17.7 Å². The first kappa shape index (κ1) is 34.4. The number of amides is 3. The van der Waals surface area contributed by atoms with Crippen molar-refractivity contribution in [3.63, 3.8) is 0 Å². The molecular formula is C30H40BF3N6O5. The molecule has 15 heteroatoms. The maximum atomic E-state index is 13.4. The summed E-state index contributed by atoms with van der Waals surface area (Å²) in [6.45, 7) is 3.59. The molecule has 0 spiro atoms. The van der Waals surface area contributed by atoms with E-state index in [1.54, 1.807) is 32.0 Å². The second kappa shape index (κ2) is 13.9. The van der Waals surface area contributed by atoms with Crippen LogP contribution in [-0.4, -0.2) is 60.1 Å². The van der Waals surface area contributed by atoms with Gasteiger partial charge in [-0.1, -0.05) is 18.2 Å². The van der Waals surface area contributed by atoms with Gasteiger partial charge in [0.25, 0.3) is 0 Å². The summed E-state index contributed by atoms with van der Waals surface area (Å²) in [5, 5.41) is 18.5. The highest BCUT2D eigenvalue weighted by Gasteiger charge is 2.40. The third-order valence-electron chi connectivity index (χ3n) is 8.16. The number of hydrogen-bond acceptors (Lipinski definition) is 8. The molecule has 10 N–H and O–H groups in total. The Morgan fingerprint density at radius 2 is 1.69 bits per heavy atom. The lowest BCUT2D eigenvalue weighted by atomic mass is 9.78. The number of alkyl halides is 3. The fourth-order valence-electron chi connectivity index (χ4n) is 5.83. The second-order valence-corrected chi connectivity index (χ2v) is 12.4. The standard InChI is InChI=1S/C30H40BF3N6O5/c1-29(2)22-8-7-20(15-23(22)31(44)45-29)39-28(43)25(11-16-3-5-17(6-4-16)30(32,33)34)40-27(42)24(37)9-10-26(41)38-21-13-18(35)12-19(36)14-21/h3-8,15,18-19,21,24-25,44H,9-14,35-37H2,1-2H3,(H,38,41)(H,39,43)(H,40,42)/t18-,19+,21-,24-,25+/m0/s1. The smallest absolute Gasteiger partial charge is 0.423 e. The van der Waals surface area contributed by atoms with Gasteiger partial charge in [-0.05, 0) is 80.4 Å². The van der Waals surface area contributed by atoms with Gasteiger partial charge in [-0.15, -0.1) is 0 Å². The lowest BCUT2D eigenvalue weighted by Gasteiger charge is -2.31. The Hall–Kier alpha value is -3.50. The van der Waals surface area contributed by atoms with Gasteiger partial charge in [0.05, 0.1) is 17.2 Å². The van der Waals surface area contributed by atoms with Crippen molar-refractivity contribution in [3.8, 4) is 0 Å². The molecule has 2 aliphatic rings. The minimum Gasteiger partial charge on any atom is -0.423 e. The molecule has 2 aromatic rings. The van der Waals surface area contributed by atoms with Crippen LogP contribution in [0.25, 0.3) is 0 Å². The Bertz CT molecular complexity index is 1380. The summed E-state index contributed by atoms with van der Waals surface area (Å²) in [5.41, 5.74) is 18.4. The third-order valence-corrected chi connectivity index (χ3v) is 8.16. The summed E-state index contributed by atoms with van der Waals surface area (Å²) in [6.07, 6.45) is -2.87. The molecule has 1 fully saturated rings. The van der Waals surface area contributed by atoms with E-state index in [0.29, 0.717) is 36.0 Å². The van der Waals surface area contributed by atoms with Crippen molar-refractivity contribution in [2.75, 3.05) is 5.32 Å². The normalized spacial score (nSPS) is 22.2. The number of nitrogens with two attached hydrogens (primary N) is 3. The van der Waals surface area contributed by atoms with Crippen LogP contribution in [0.3, 0.4) is 0 Å². The van der Waals surface area contributed by atoms with Crippen molar-refractivity contribution < 1.29 is 37.2 Å². The maximum absolute atomic E-state index is 13.4. The van der Waals surface area contributed by atoms with E-state index in [-0.39, 0.29) is 43.3 Å². The average molecular weight is 632 g/mol. The zero-order chi connectivity index (χ0) is 33.1. The van der Waals surface area contributed by atoms with E-state index in [2.05, 4.69) is 16.0 Å². The van der Waals surface area contributed by atoms with Crippen molar-refractivity contribution in [1.29, 1.82) is 0 Å². The Labute approximate surface area is 259 Å². The molecule has 0 bridgehead atoms. The molecule has 0 radical (unpaired) electrons. The van der Waals surface area contributed by atoms with Crippen LogP contribution >= 0.6 is 0 Å². The van der Waals surface area contributed by atoms with E-state index < -0.39 is 48.4 Å². The Kier molecular flexibility index (Phi) is 10.6. The van der Waals surface area contributed by atoms with Crippen LogP contribution in [0.4, 0.5) is 18.9 Å². The van der Waals surface area contributed by atoms with Crippen LogP contribution in [0.2, 0.25) is 0 Å². The largest absolute Gasteiger partial charge is 0.492 e. The summed E-state index contributed by atoms with van der Waals surface area (Å²) in [4.78, 5) is 39.0. The lowest BCUT2D eigenvalue weighted by molar-refractivity contribution is -0.137. The fourth-order valence-corrected chi connectivity index (χ4v) is 5.83. The molecule has 0 aromatic heterocycles. The number of benzene rings is 2. The number of rotatable bonds is 10. The summed E-state index contributed by atoms with van der Waals surface area (Å²) in [5.74, 6) is -1.68. The summed E-state index contributed by atoms with van der Waals surface area (Å²) >= 11 is 0. The molecule has 0 saturated heterocycles. The van der Waals surface area contributed by atoms with Crippen molar-refractivity contribution in [1.82, 2.24) is 10.6 Å². The van der Waals surface area contributed by atoms with E-state index >= 15 is 0 Å². The SMILES string of the molecule is CC1(C)OB(O)c2cc(NC(=O)[C@@H](Cc3ccc(C(F)(F)F)cc3)NC(=O)[C@@H](N)CCC(=O)N[C@@H]3C[C@H](N)C[C@H](N)C3)ccc21. The van der Waals surface area contributed by atoms with E-state index in [1.807, 2.05) is 0 Å². The van der Waals surface area contributed by atoms with Gasteiger partial charge in [-0.3, -0.25) is 14.4 Å². The molecule has 45 heavy (non-hydrogen) atoms. The molecule has 3 amide bonds. The highest BCUT2D eigenvalue weighted by atomic mass is 19.4. The van der Waals surface area contributed by atoms with Gasteiger partial charge in [0.1, 0.15) is 6.04 Å². The minimum absolute atomic E-state index is 0.0182. The molecule has 5 atom stereocenters. The number of nitrogens with one attached hydrogen (secondary N) is 3. The van der Waals surface area contributed by atoms with Crippen molar-refractivity contribution in [2.24, 2.45) is 17.2 Å². The predicted octanol–water partition coefficient (Wildman–Crippen LogP) is 0.755. The van der Waals surface area contributed by atoms with E-state index in [4.69, 9.17) is 21.9 Å². The number of carbonyl (C=O) groups is 3. The quantitative estimate of drug-likeness (QED) is 0.187. The number of hydrogen-bond donors (Lipinski definition) is 7. The molecule has 1 aliphatic carbocycles. The van der Waals surface area contributed by atoms with Crippen molar-refractivity contribution in [2.45, 2.75) is 94.4 Å². The molecule has 1 heterocycles. The van der Waals surface area contributed by atoms with Crippen LogP contribution in [0, 0.1) is 0 Å². The molecular weight excluding hydrogens is 592 g/mol. The van der Waals surface area contributed by atoms with E-state index in [1.165, 1.54) is 12.1 Å². The van der Waals surface area contributed by atoms with Crippen LogP contribution in [0.1, 0.15) is 62.6 Å². The van der Waals surface area contributed by atoms with Gasteiger partial charge in [-0.2, -0.15) is 13.2 Å². The lowest BCUT2D eigenvalue weighted by Crippen LogP contribution is -2.51. The molecule has 1 aliphatic heterocycles. The van der Waals surface area contributed by atoms with Crippen LogP contribution in [0.15, 0.2) is 42.5 Å². The summed E-state index contributed by atoms with van der Waals surface area (Å²) < 4.78 is 44.8. The first-order valence-corrected chi connectivity index (χ1v) is 14.9. The van der Waals surface area contributed by atoms with Crippen molar-refractivity contribution >= 4 is 36.0 Å². The number of halogens is 3. The Morgan fingerprint density at radius 3 is 2.31 bits per heavy atom. The van der Waals surface area contributed by atoms with Gasteiger partial charge < -0.3 is 42.8 Å². The topological polar surface area (TPSA) is 195 Å². The average Bonchev–Trinajstić information content (AvgIpc) is 3.17. The number of anilines is 1. The van der Waals surface area contributed by atoms with Gasteiger partial charge in [0, 0.05) is 36.7 Å². The highest BCUT2D eigenvalue weighted by molar-refractivity contribution is 6.62. The van der Waals surface area contributed by atoms with Crippen LogP contribution in [-0.2, 0) is 37.2 Å². The molecule has 1 saturated carbocycles. The first-order chi connectivity index (χ1) is 21.0. The monoisotopic (exact) mass is 632 g/mol. The zero-order valence-electron chi connectivity index (χ0n) is 25.2. The van der Waals surface area contributed by atoms with Gasteiger partial charge >= 0.3 is 13.3 Å². The predicted molar refractivity (Wildman–Crippen MR) is 163 cm³/mol. The Balaban J connectivity index is 1.42. The maximum Gasteiger partial charge on any atom is 0.492 e. The molecule has 11 nitrogen and oxygen atoms in total. The summed E-state index contributed by atoms with van der Waals surface area (Å²) in [7, 11) is -1.20. The highest BCUT2D eigenvalue weighted by Crippen LogP contribution is 2.31.